The van der Waals surface area contributed by atoms with Crippen LogP contribution in [0.25, 0.3) is 0 Å². The van der Waals surface area contributed by atoms with Crippen LogP contribution in [-0.2, 0) is 27.2 Å². The van der Waals surface area contributed by atoms with Gasteiger partial charge in [-0.05, 0) is 79.5 Å². The molecule has 4 nitrogen and oxygen atoms in total. The number of rotatable bonds is 14. The van der Waals surface area contributed by atoms with Crippen molar-refractivity contribution in [1.29, 1.82) is 0 Å². The van der Waals surface area contributed by atoms with E-state index in [1.165, 1.54) is 18.1 Å². The normalized spacial score (nSPS) is 17.3. The van der Waals surface area contributed by atoms with Gasteiger partial charge in [-0.15, -0.1) is 0 Å². The van der Waals surface area contributed by atoms with Gasteiger partial charge < -0.3 is 0 Å². The highest BCUT2D eigenvalue weighted by molar-refractivity contribution is 6.01. The first kappa shape index (κ1) is 30.1. The third kappa shape index (κ3) is 7.46. The fourth-order valence-corrected chi connectivity index (χ4v) is 6.21. The maximum atomic E-state index is 13.6. The molecule has 200 valence electrons. The molecule has 1 aromatic rings. The molecule has 1 aromatic carbocycles. The number of fused-ring (bicyclic) bond motifs is 1. The van der Waals surface area contributed by atoms with Crippen LogP contribution < -0.4 is 0 Å². The van der Waals surface area contributed by atoms with Crippen molar-refractivity contribution in [1.82, 2.24) is 0 Å². The van der Waals surface area contributed by atoms with Crippen molar-refractivity contribution in [2.24, 2.45) is 23.7 Å². The van der Waals surface area contributed by atoms with Crippen molar-refractivity contribution in [3.05, 3.63) is 33.9 Å². The highest BCUT2D eigenvalue weighted by atomic mass is 16.1. The van der Waals surface area contributed by atoms with Crippen molar-refractivity contribution in [2.45, 2.75) is 119 Å². The largest absolute Gasteiger partial charge is 0.300 e. The standard InChI is InChI=1S/C32H48O4/c1-9-11-25(26(10-2)30(35)14-21(7)33)15-23-16-28-27(19(3)4)18-24(12-13-29(34)20(5)6)22(8)32(28)31(36)17-23/h18-20,23,25-26H,9-17H2,1-8H3. The van der Waals surface area contributed by atoms with Crippen LogP contribution in [0.1, 0.15) is 132 Å². The van der Waals surface area contributed by atoms with Crippen LogP contribution in [0.2, 0.25) is 0 Å². The Kier molecular flexibility index (Phi) is 11.3. The molecular weight excluding hydrogens is 448 g/mol. The zero-order valence-electron chi connectivity index (χ0n) is 24.0. The molecule has 4 heteroatoms. The lowest BCUT2D eigenvalue weighted by molar-refractivity contribution is -0.130. The van der Waals surface area contributed by atoms with E-state index >= 15 is 0 Å². The number of hydrogen-bond donors (Lipinski definition) is 0. The zero-order valence-corrected chi connectivity index (χ0v) is 24.0. The molecule has 0 aromatic heterocycles. The molecule has 1 aliphatic rings. The van der Waals surface area contributed by atoms with Gasteiger partial charge in [0.05, 0.1) is 6.42 Å². The van der Waals surface area contributed by atoms with Crippen molar-refractivity contribution < 1.29 is 19.2 Å². The van der Waals surface area contributed by atoms with Crippen LogP contribution in [0.5, 0.6) is 0 Å². The second-order valence-corrected chi connectivity index (χ2v) is 11.7. The molecule has 36 heavy (non-hydrogen) atoms. The van der Waals surface area contributed by atoms with Crippen molar-refractivity contribution >= 4 is 23.1 Å². The van der Waals surface area contributed by atoms with Gasteiger partial charge in [0.2, 0.25) is 0 Å². The van der Waals surface area contributed by atoms with Crippen LogP contribution in [-0.4, -0.2) is 23.1 Å². The third-order valence-corrected chi connectivity index (χ3v) is 8.13. The van der Waals surface area contributed by atoms with E-state index in [1.54, 1.807) is 0 Å². The molecule has 0 bridgehead atoms. The monoisotopic (exact) mass is 496 g/mol. The summed E-state index contributed by atoms with van der Waals surface area (Å²) < 4.78 is 0. The van der Waals surface area contributed by atoms with Crippen molar-refractivity contribution in [2.75, 3.05) is 0 Å². The summed E-state index contributed by atoms with van der Waals surface area (Å²) in [4.78, 5) is 50.3. The van der Waals surface area contributed by atoms with E-state index in [2.05, 4.69) is 26.8 Å². The number of carbonyl (C=O) groups is 4. The summed E-state index contributed by atoms with van der Waals surface area (Å²) in [7, 11) is 0. The Balaban J connectivity index is 2.36. The molecule has 0 heterocycles. The SMILES string of the molecule is CCCC(CC1CC(=O)c2c(C)c(CCC(=O)C(C)C)cc(C(C)C)c2C1)C(CC)C(=O)CC(C)=O. The van der Waals surface area contributed by atoms with Crippen LogP contribution >= 0.6 is 0 Å². The molecule has 0 saturated heterocycles. The number of benzene rings is 1. The van der Waals surface area contributed by atoms with E-state index in [-0.39, 0.29) is 59.1 Å². The second kappa shape index (κ2) is 13.4. The maximum absolute atomic E-state index is 13.6. The summed E-state index contributed by atoms with van der Waals surface area (Å²) in [5.41, 5.74) is 5.47. The van der Waals surface area contributed by atoms with E-state index in [9.17, 15) is 19.2 Å². The minimum absolute atomic E-state index is 0.0178. The highest BCUT2D eigenvalue weighted by Gasteiger charge is 2.34. The lowest BCUT2D eigenvalue weighted by atomic mass is 9.70. The third-order valence-electron chi connectivity index (χ3n) is 8.13. The fraction of sp³-hybridized carbons (Fsp3) is 0.688. The first-order valence-electron chi connectivity index (χ1n) is 14.1. The average Bonchev–Trinajstić information content (AvgIpc) is 2.77. The van der Waals surface area contributed by atoms with Crippen LogP contribution in [0.3, 0.4) is 0 Å². The highest BCUT2D eigenvalue weighted by Crippen LogP contribution is 2.40. The van der Waals surface area contributed by atoms with E-state index in [0.717, 1.165) is 48.8 Å². The van der Waals surface area contributed by atoms with E-state index in [1.807, 2.05) is 27.7 Å². The van der Waals surface area contributed by atoms with Gasteiger partial charge in [-0.2, -0.15) is 0 Å². The first-order chi connectivity index (χ1) is 16.9. The molecule has 0 amide bonds. The molecule has 0 spiro atoms. The number of hydrogen-bond acceptors (Lipinski definition) is 4. The lowest BCUT2D eigenvalue weighted by Crippen LogP contribution is -2.30. The molecule has 2 rings (SSSR count). The predicted molar refractivity (Wildman–Crippen MR) is 147 cm³/mol. The summed E-state index contributed by atoms with van der Waals surface area (Å²) in [6, 6.07) is 2.25. The Hall–Kier alpha value is -2.10. The Morgan fingerprint density at radius 3 is 2.22 bits per heavy atom. The minimum atomic E-state index is -0.113. The summed E-state index contributed by atoms with van der Waals surface area (Å²) in [5, 5.41) is 0. The van der Waals surface area contributed by atoms with Gasteiger partial charge in [-0.1, -0.05) is 60.5 Å². The Bertz CT molecular complexity index is 969. The van der Waals surface area contributed by atoms with E-state index in [0.29, 0.717) is 19.3 Å². The van der Waals surface area contributed by atoms with Crippen molar-refractivity contribution in [3.8, 4) is 0 Å². The van der Waals surface area contributed by atoms with Gasteiger partial charge in [-0.25, -0.2) is 0 Å². The van der Waals surface area contributed by atoms with Gasteiger partial charge in [0.25, 0.3) is 0 Å². The van der Waals surface area contributed by atoms with Crippen molar-refractivity contribution in [3.63, 3.8) is 0 Å². The summed E-state index contributed by atoms with van der Waals surface area (Å²) >= 11 is 0. The predicted octanol–water partition coefficient (Wildman–Crippen LogP) is 7.40. The summed E-state index contributed by atoms with van der Waals surface area (Å²) in [5.74, 6) is 1.08. The second-order valence-electron chi connectivity index (χ2n) is 11.7. The summed E-state index contributed by atoms with van der Waals surface area (Å²) in [6.07, 6.45) is 6.10. The molecule has 0 N–H and O–H groups in total. The van der Waals surface area contributed by atoms with Crippen LogP contribution in [0, 0.1) is 30.6 Å². The topological polar surface area (TPSA) is 68.3 Å². The Morgan fingerprint density at radius 1 is 1.03 bits per heavy atom. The summed E-state index contributed by atoms with van der Waals surface area (Å²) in [6.45, 7) is 15.9. The van der Waals surface area contributed by atoms with Gasteiger partial charge in [0, 0.05) is 30.2 Å². The van der Waals surface area contributed by atoms with E-state index in [4.69, 9.17) is 0 Å². The Labute approximate surface area is 219 Å². The number of aryl methyl sites for hydroxylation is 1. The number of Topliss-reactive ketones (excluding diaryl/α,β-unsaturated/α-hetero) is 4. The molecule has 3 atom stereocenters. The van der Waals surface area contributed by atoms with E-state index < -0.39 is 0 Å². The zero-order chi connectivity index (χ0) is 27.2. The minimum Gasteiger partial charge on any atom is -0.300 e. The number of ketones is 4. The maximum Gasteiger partial charge on any atom is 0.163 e. The fourth-order valence-electron chi connectivity index (χ4n) is 6.21. The molecule has 0 radical (unpaired) electrons. The van der Waals surface area contributed by atoms with Crippen LogP contribution in [0.4, 0.5) is 0 Å². The molecule has 1 aliphatic carbocycles. The van der Waals surface area contributed by atoms with Crippen LogP contribution in [0.15, 0.2) is 6.07 Å². The molecule has 0 saturated carbocycles. The first-order valence-corrected chi connectivity index (χ1v) is 14.1. The van der Waals surface area contributed by atoms with Gasteiger partial charge in [0.15, 0.2) is 5.78 Å². The Morgan fingerprint density at radius 2 is 1.69 bits per heavy atom. The van der Waals surface area contributed by atoms with Gasteiger partial charge >= 0.3 is 0 Å². The lowest BCUT2D eigenvalue weighted by Gasteiger charge is -2.33. The van der Waals surface area contributed by atoms with Gasteiger partial charge in [-0.3, -0.25) is 19.2 Å². The number of carbonyl (C=O) groups excluding carboxylic acids is 4. The molecule has 0 aliphatic heterocycles. The smallest absolute Gasteiger partial charge is 0.163 e. The molecular formula is C32H48O4. The molecule has 0 fully saturated rings. The van der Waals surface area contributed by atoms with Gasteiger partial charge in [0.1, 0.15) is 17.3 Å². The quantitative estimate of drug-likeness (QED) is 0.252. The molecule has 3 unspecified atom stereocenters. The average molecular weight is 497 g/mol.